The Morgan fingerprint density at radius 2 is 2.23 bits per heavy atom. The van der Waals surface area contributed by atoms with Gasteiger partial charge in [0.25, 0.3) is 0 Å². The van der Waals surface area contributed by atoms with Crippen molar-refractivity contribution in [3.63, 3.8) is 0 Å². The summed E-state index contributed by atoms with van der Waals surface area (Å²) in [6.07, 6.45) is 1.63. The third kappa shape index (κ3) is 2.26. The quantitative estimate of drug-likeness (QED) is 0.663. The van der Waals surface area contributed by atoms with Crippen LogP contribution in [0.25, 0.3) is 0 Å². The molecule has 0 fully saturated rings. The highest BCUT2D eigenvalue weighted by atomic mass is 31.0. The molecule has 0 saturated heterocycles. The zero-order valence-corrected chi connectivity index (χ0v) is 8.63. The van der Waals surface area contributed by atoms with Crippen molar-refractivity contribution in [2.24, 2.45) is 0 Å². The van der Waals surface area contributed by atoms with Gasteiger partial charge in [-0.2, -0.15) is 5.26 Å². The molecule has 1 aromatic carbocycles. The van der Waals surface area contributed by atoms with E-state index in [1.54, 1.807) is 6.07 Å². The zero-order valence-electron chi connectivity index (χ0n) is 7.47. The third-order valence-electron chi connectivity index (χ3n) is 1.86. The molecule has 1 nitrogen and oxygen atoms in total. The second kappa shape index (κ2) is 4.35. The molecule has 1 unspecified atom stereocenters. The van der Waals surface area contributed by atoms with Gasteiger partial charge in [0, 0.05) is 0 Å². The smallest absolute Gasteiger partial charge is 0.127 e. The van der Waals surface area contributed by atoms with Crippen LogP contribution in [0, 0.1) is 17.1 Å². The van der Waals surface area contributed by atoms with Crippen LogP contribution in [0.15, 0.2) is 12.1 Å². The first-order valence-corrected chi connectivity index (χ1v) is 4.74. The largest absolute Gasteiger partial charge is 0.207 e. The summed E-state index contributed by atoms with van der Waals surface area (Å²) in [5.41, 5.74) is 1.08. The van der Waals surface area contributed by atoms with Gasteiger partial charge in [-0.15, -0.1) is 9.24 Å². The highest BCUT2D eigenvalue weighted by Crippen LogP contribution is 2.12. The van der Waals surface area contributed by atoms with Crippen LogP contribution >= 0.6 is 9.24 Å². The average Bonchev–Trinajstić information content (AvgIpc) is 2.11. The highest BCUT2D eigenvalue weighted by Gasteiger charge is 2.05. The molecule has 0 amide bonds. The van der Waals surface area contributed by atoms with E-state index < -0.39 is 0 Å². The Bertz CT molecular complexity index is 355. The molecule has 1 aromatic rings. The van der Waals surface area contributed by atoms with Crippen molar-refractivity contribution < 1.29 is 4.39 Å². The normalized spacial score (nSPS) is 9.69. The maximum Gasteiger partial charge on any atom is 0.127 e. The molecule has 0 saturated carbocycles. The van der Waals surface area contributed by atoms with E-state index in [2.05, 4.69) is 9.24 Å². The van der Waals surface area contributed by atoms with Crippen LogP contribution in [0.2, 0.25) is 0 Å². The molecule has 0 heterocycles. The summed E-state index contributed by atoms with van der Waals surface area (Å²) in [6.45, 7) is 2.00. The standard InChI is InChI=1S/C10H11FNP/c1-2-3-7-5-10(13)8(6-12)4-9(7)11/h4-5H,2-3,13H2,1H3. The minimum Gasteiger partial charge on any atom is -0.207 e. The van der Waals surface area contributed by atoms with Gasteiger partial charge in [-0.1, -0.05) is 13.3 Å². The van der Waals surface area contributed by atoms with E-state index in [4.69, 9.17) is 5.26 Å². The van der Waals surface area contributed by atoms with Gasteiger partial charge in [0.1, 0.15) is 5.82 Å². The SMILES string of the molecule is CCCc1cc(P)c(C#N)cc1F. The summed E-state index contributed by atoms with van der Waals surface area (Å²) < 4.78 is 13.2. The van der Waals surface area contributed by atoms with Gasteiger partial charge in [0.2, 0.25) is 0 Å². The number of nitrogens with zero attached hydrogens (tertiary/aromatic N) is 1. The van der Waals surface area contributed by atoms with Gasteiger partial charge in [-0.05, 0) is 29.4 Å². The fraction of sp³-hybridized carbons (Fsp3) is 0.300. The van der Waals surface area contributed by atoms with Gasteiger partial charge < -0.3 is 0 Å². The maximum absolute atomic E-state index is 13.2. The topological polar surface area (TPSA) is 23.8 Å². The molecule has 0 aliphatic heterocycles. The highest BCUT2D eigenvalue weighted by molar-refractivity contribution is 7.27. The number of benzene rings is 1. The lowest BCUT2D eigenvalue weighted by Gasteiger charge is -2.03. The second-order valence-corrected chi connectivity index (χ2v) is 3.51. The molecule has 0 aliphatic carbocycles. The molecule has 0 spiro atoms. The minimum absolute atomic E-state index is 0.274. The number of hydrogen-bond donors (Lipinski definition) is 0. The Hall–Kier alpha value is -0.930. The Morgan fingerprint density at radius 3 is 2.77 bits per heavy atom. The van der Waals surface area contributed by atoms with Gasteiger partial charge in [-0.3, -0.25) is 0 Å². The molecular formula is C10H11FNP. The first kappa shape index (κ1) is 10.2. The number of aryl methyl sites for hydroxylation is 1. The van der Waals surface area contributed by atoms with Crippen molar-refractivity contribution in [3.8, 4) is 6.07 Å². The van der Waals surface area contributed by atoms with Gasteiger partial charge in [0.15, 0.2) is 0 Å². The molecule has 68 valence electrons. The van der Waals surface area contributed by atoms with Gasteiger partial charge >= 0.3 is 0 Å². The lowest BCUT2D eigenvalue weighted by atomic mass is 10.1. The fourth-order valence-corrected chi connectivity index (χ4v) is 1.54. The molecule has 3 heteroatoms. The van der Waals surface area contributed by atoms with E-state index in [1.807, 2.05) is 13.0 Å². The lowest BCUT2D eigenvalue weighted by molar-refractivity contribution is 0.607. The van der Waals surface area contributed by atoms with Crippen molar-refractivity contribution in [1.29, 1.82) is 5.26 Å². The Morgan fingerprint density at radius 1 is 1.54 bits per heavy atom. The lowest BCUT2D eigenvalue weighted by Crippen LogP contribution is -2.03. The monoisotopic (exact) mass is 195 g/mol. The van der Waals surface area contributed by atoms with Crippen molar-refractivity contribution >= 4 is 14.5 Å². The van der Waals surface area contributed by atoms with Gasteiger partial charge in [-0.25, -0.2) is 4.39 Å². The number of rotatable bonds is 2. The molecule has 0 aromatic heterocycles. The van der Waals surface area contributed by atoms with Crippen LogP contribution < -0.4 is 5.30 Å². The van der Waals surface area contributed by atoms with Crippen LogP contribution in [0.5, 0.6) is 0 Å². The molecule has 0 N–H and O–H groups in total. The van der Waals surface area contributed by atoms with E-state index in [1.165, 1.54) is 6.07 Å². The Kier molecular flexibility index (Phi) is 3.39. The summed E-state index contributed by atoms with van der Waals surface area (Å²) in [4.78, 5) is 0. The second-order valence-electron chi connectivity index (χ2n) is 2.89. The van der Waals surface area contributed by atoms with Crippen molar-refractivity contribution in [2.45, 2.75) is 19.8 Å². The summed E-state index contributed by atoms with van der Waals surface area (Å²) >= 11 is 0. The molecule has 13 heavy (non-hydrogen) atoms. The summed E-state index contributed by atoms with van der Waals surface area (Å²) in [5, 5.41) is 9.40. The summed E-state index contributed by atoms with van der Waals surface area (Å²) in [6, 6.07) is 4.97. The molecule has 0 aliphatic rings. The first-order chi connectivity index (χ1) is 6.19. The van der Waals surface area contributed by atoms with Crippen LogP contribution in [-0.4, -0.2) is 0 Å². The maximum atomic E-state index is 13.2. The molecule has 0 bridgehead atoms. The van der Waals surface area contributed by atoms with E-state index in [0.717, 1.165) is 18.1 Å². The molecule has 1 rings (SSSR count). The first-order valence-electron chi connectivity index (χ1n) is 4.17. The van der Waals surface area contributed by atoms with Crippen molar-refractivity contribution in [1.82, 2.24) is 0 Å². The Balaban J connectivity index is 3.14. The van der Waals surface area contributed by atoms with E-state index in [-0.39, 0.29) is 5.82 Å². The summed E-state index contributed by atoms with van der Waals surface area (Å²) in [7, 11) is 2.45. The van der Waals surface area contributed by atoms with Crippen LogP contribution in [0.4, 0.5) is 4.39 Å². The Labute approximate surface area is 79.8 Å². The number of halogens is 1. The number of nitriles is 1. The van der Waals surface area contributed by atoms with E-state index in [0.29, 0.717) is 11.1 Å². The molecular weight excluding hydrogens is 184 g/mol. The average molecular weight is 195 g/mol. The van der Waals surface area contributed by atoms with Crippen LogP contribution in [0.1, 0.15) is 24.5 Å². The number of hydrogen-bond acceptors (Lipinski definition) is 1. The van der Waals surface area contributed by atoms with E-state index in [9.17, 15) is 4.39 Å². The minimum atomic E-state index is -0.274. The van der Waals surface area contributed by atoms with Crippen molar-refractivity contribution in [3.05, 3.63) is 29.1 Å². The fourth-order valence-electron chi connectivity index (χ4n) is 1.19. The zero-order chi connectivity index (χ0) is 9.84. The van der Waals surface area contributed by atoms with Gasteiger partial charge in [0.05, 0.1) is 11.6 Å². The summed E-state index contributed by atoms with van der Waals surface area (Å²) in [5.74, 6) is -0.274. The van der Waals surface area contributed by atoms with E-state index >= 15 is 0 Å². The van der Waals surface area contributed by atoms with Crippen LogP contribution in [-0.2, 0) is 6.42 Å². The molecule has 1 atom stereocenters. The van der Waals surface area contributed by atoms with Crippen molar-refractivity contribution in [2.75, 3.05) is 0 Å². The third-order valence-corrected chi connectivity index (χ3v) is 2.34. The predicted molar refractivity (Wildman–Crippen MR) is 54.5 cm³/mol. The van der Waals surface area contributed by atoms with Crippen LogP contribution in [0.3, 0.4) is 0 Å². The molecule has 0 radical (unpaired) electrons. The predicted octanol–water partition coefficient (Wildman–Crippen LogP) is 2.15.